The van der Waals surface area contributed by atoms with E-state index in [1.165, 1.54) is 21.9 Å². The summed E-state index contributed by atoms with van der Waals surface area (Å²) in [4.78, 5) is 13.2. The topological polar surface area (TPSA) is 68.0 Å². The molecule has 0 spiro atoms. The maximum Gasteiger partial charge on any atom is 0.269 e. The maximum absolute atomic E-state index is 11.0. The van der Waals surface area contributed by atoms with E-state index in [9.17, 15) is 10.1 Å². The summed E-state index contributed by atoms with van der Waals surface area (Å²) < 4.78 is 6.41. The summed E-state index contributed by atoms with van der Waals surface area (Å²) in [6.07, 6.45) is 0. The predicted octanol–water partition coefficient (Wildman–Crippen LogP) is 6.38. The average Bonchev–Trinajstić information content (AvgIpc) is 3.32. The van der Waals surface area contributed by atoms with Crippen molar-refractivity contribution in [3.05, 3.63) is 83.3 Å². The summed E-state index contributed by atoms with van der Waals surface area (Å²) in [7, 11) is 1.64. The third kappa shape index (κ3) is 4.03. The van der Waals surface area contributed by atoms with Crippen LogP contribution in [0.1, 0.15) is 19.4 Å². The zero-order chi connectivity index (χ0) is 20.5. The number of allylic oxidation sites excluding steroid dienone is 2. The number of benzene rings is 2. The third-order valence-electron chi connectivity index (χ3n) is 4.38. The second-order valence-electron chi connectivity index (χ2n) is 6.23. The van der Waals surface area contributed by atoms with E-state index < -0.39 is 4.92 Å². The standard InChI is InChI=1S/C20H17N3O3S3/c1-12-13(2)28-20(27-12)19-22(15-6-8-16(9-7-15)23(24)25)21-18(29-19)14-4-10-17(26-3)11-5-14/h4-11H,1-3H3. The number of hydrogen-bond donors (Lipinski definition) is 0. The molecule has 0 bridgehead atoms. The number of methoxy groups -OCH3 is 1. The molecule has 9 heteroatoms. The number of thioether (sulfide) groups is 3. The van der Waals surface area contributed by atoms with Crippen molar-refractivity contribution in [2.45, 2.75) is 13.8 Å². The molecule has 0 aliphatic carbocycles. The number of nitro groups is 1. The minimum atomic E-state index is -0.396. The molecule has 2 aromatic carbocycles. The smallest absolute Gasteiger partial charge is 0.269 e. The fourth-order valence-corrected chi connectivity index (χ4v) is 6.42. The molecular formula is C20H17N3O3S3. The molecule has 6 nitrogen and oxygen atoms in total. The van der Waals surface area contributed by atoms with Crippen molar-refractivity contribution < 1.29 is 9.66 Å². The van der Waals surface area contributed by atoms with Crippen LogP contribution in [-0.4, -0.2) is 17.1 Å². The second-order valence-corrected chi connectivity index (χ2v) is 9.92. The van der Waals surface area contributed by atoms with Crippen LogP contribution in [0.3, 0.4) is 0 Å². The van der Waals surface area contributed by atoms with Crippen LogP contribution in [0.25, 0.3) is 0 Å². The number of non-ortho nitro benzene ring substituents is 1. The number of hydrogen-bond acceptors (Lipinski definition) is 8. The van der Waals surface area contributed by atoms with Crippen molar-refractivity contribution >= 4 is 51.7 Å². The van der Waals surface area contributed by atoms with Gasteiger partial charge in [-0.25, -0.2) is 5.01 Å². The van der Waals surface area contributed by atoms with Gasteiger partial charge in [0.25, 0.3) is 5.69 Å². The molecule has 0 fully saturated rings. The van der Waals surface area contributed by atoms with Crippen LogP contribution in [0, 0.1) is 10.1 Å². The molecule has 2 aromatic rings. The van der Waals surface area contributed by atoms with Gasteiger partial charge in [-0.15, -0.1) is 0 Å². The summed E-state index contributed by atoms with van der Waals surface area (Å²) in [5.74, 6) is 0.792. The largest absolute Gasteiger partial charge is 0.497 e. The van der Waals surface area contributed by atoms with E-state index in [1.54, 1.807) is 54.5 Å². The summed E-state index contributed by atoms with van der Waals surface area (Å²) in [5, 5.41) is 19.6. The van der Waals surface area contributed by atoms with Gasteiger partial charge in [-0.2, -0.15) is 5.10 Å². The average molecular weight is 444 g/mol. The molecule has 0 saturated carbocycles. The van der Waals surface area contributed by atoms with Gasteiger partial charge < -0.3 is 4.74 Å². The van der Waals surface area contributed by atoms with Gasteiger partial charge in [-0.1, -0.05) is 23.5 Å². The highest BCUT2D eigenvalue weighted by atomic mass is 32.2. The van der Waals surface area contributed by atoms with Crippen LogP contribution >= 0.6 is 35.3 Å². The van der Waals surface area contributed by atoms with Crippen LogP contribution in [0.5, 0.6) is 5.75 Å². The lowest BCUT2D eigenvalue weighted by Crippen LogP contribution is -2.10. The van der Waals surface area contributed by atoms with E-state index >= 15 is 0 Å². The van der Waals surface area contributed by atoms with Crippen LogP contribution in [-0.2, 0) is 0 Å². The van der Waals surface area contributed by atoms with Crippen LogP contribution in [0.2, 0.25) is 0 Å². The Kier molecular flexibility index (Phi) is 5.62. The molecule has 0 amide bonds. The van der Waals surface area contributed by atoms with Crippen LogP contribution in [0.15, 0.2) is 72.7 Å². The monoisotopic (exact) mass is 443 g/mol. The highest BCUT2D eigenvalue weighted by Crippen LogP contribution is 2.54. The molecule has 0 saturated heterocycles. The fraction of sp³-hybridized carbons (Fsp3) is 0.150. The molecule has 4 rings (SSSR count). The van der Waals surface area contributed by atoms with Crippen LogP contribution < -0.4 is 9.75 Å². The number of anilines is 1. The highest BCUT2D eigenvalue weighted by Gasteiger charge is 2.30. The second kappa shape index (κ2) is 8.17. The van der Waals surface area contributed by atoms with Crippen LogP contribution in [0.4, 0.5) is 11.4 Å². The zero-order valence-electron chi connectivity index (χ0n) is 15.9. The van der Waals surface area contributed by atoms with E-state index in [0.29, 0.717) is 0 Å². The molecule has 2 aliphatic heterocycles. The van der Waals surface area contributed by atoms with Crippen molar-refractivity contribution in [2.75, 3.05) is 12.1 Å². The number of hydrazone groups is 1. The SMILES string of the molecule is COc1ccc(C2=NN(c3ccc([N+](=O)[O-])cc3)C(=C3SC(C)=C(C)S3)S2)cc1. The van der Waals surface area contributed by atoms with E-state index in [2.05, 4.69) is 13.8 Å². The van der Waals surface area contributed by atoms with E-state index in [4.69, 9.17) is 9.84 Å². The molecule has 2 heterocycles. The van der Waals surface area contributed by atoms with Gasteiger partial charge in [-0.3, -0.25) is 10.1 Å². The lowest BCUT2D eigenvalue weighted by atomic mass is 10.2. The Morgan fingerprint density at radius 3 is 2.14 bits per heavy atom. The minimum absolute atomic E-state index is 0.0622. The molecule has 0 radical (unpaired) electrons. The molecular weight excluding hydrogens is 426 g/mol. The molecule has 2 aliphatic rings. The third-order valence-corrected chi connectivity index (χ3v) is 8.33. The molecule has 29 heavy (non-hydrogen) atoms. The quantitative estimate of drug-likeness (QED) is 0.401. The lowest BCUT2D eigenvalue weighted by Gasteiger charge is -2.16. The van der Waals surface area contributed by atoms with E-state index in [-0.39, 0.29) is 5.69 Å². The maximum atomic E-state index is 11.0. The van der Waals surface area contributed by atoms with Gasteiger partial charge in [0.05, 0.1) is 22.0 Å². The van der Waals surface area contributed by atoms with Crippen molar-refractivity contribution in [3.63, 3.8) is 0 Å². The molecule has 0 atom stereocenters. The number of ether oxygens (including phenoxy) is 1. The summed E-state index contributed by atoms with van der Waals surface area (Å²) in [6, 6.07) is 14.3. The first kappa shape index (κ1) is 19.9. The molecule has 0 N–H and O–H groups in total. The first-order chi connectivity index (χ1) is 14.0. The van der Waals surface area contributed by atoms with Gasteiger partial charge in [0.2, 0.25) is 0 Å². The Hall–Kier alpha value is -2.36. The van der Waals surface area contributed by atoms with E-state index in [1.807, 2.05) is 29.3 Å². The van der Waals surface area contributed by atoms with Crippen molar-refractivity contribution in [1.29, 1.82) is 0 Å². The summed E-state index contributed by atoms with van der Waals surface area (Å²) >= 11 is 5.08. The van der Waals surface area contributed by atoms with Gasteiger partial charge in [0.1, 0.15) is 15.8 Å². The first-order valence-electron chi connectivity index (χ1n) is 8.69. The summed E-state index contributed by atoms with van der Waals surface area (Å²) in [6.45, 7) is 4.23. The summed E-state index contributed by atoms with van der Waals surface area (Å²) in [5.41, 5.74) is 1.84. The molecule has 0 aromatic heterocycles. The van der Waals surface area contributed by atoms with Gasteiger partial charge in [-0.05, 0) is 71.8 Å². The minimum Gasteiger partial charge on any atom is -0.497 e. The Morgan fingerprint density at radius 2 is 1.59 bits per heavy atom. The van der Waals surface area contributed by atoms with Crippen molar-refractivity contribution in [1.82, 2.24) is 0 Å². The number of nitro benzene ring substituents is 1. The normalized spacial score (nSPS) is 16.5. The number of rotatable bonds is 4. The van der Waals surface area contributed by atoms with Gasteiger partial charge >= 0.3 is 0 Å². The van der Waals surface area contributed by atoms with Crippen molar-refractivity contribution in [2.24, 2.45) is 5.10 Å². The Balaban J connectivity index is 1.73. The predicted molar refractivity (Wildman–Crippen MR) is 123 cm³/mol. The van der Waals surface area contributed by atoms with Gasteiger partial charge in [0.15, 0.2) is 0 Å². The Morgan fingerprint density at radius 1 is 0.966 bits per heavy atom. The molecule has 0 unspecified atom stereocenters. The zero-order valence-corrected chi connectivity index (χ0v) is 18.4. The van der Waals surface area contributed by atoms with Crippen molar-refractivity contribution in [3.8, 4) is 5.75 Å². The molecule has 148 valence electrons. The Bertz CT molecular complexity index is 1040. The number of nitrogens with zero attached hydrogens (tertiary/aromatic N) is 3. The highest BCUT2D eigenvalue weighted by molar-refractivity contribution is 8.30. The first-order valence-corrected chi connectivity index (χ1v) is 11.1. The lowest BCUT2D eigenvalue weighted by molar-refractivity contribution is -0.384. The van der Waals surface area contributed by atoms with E-state index in [0.717, 1.165) is 31.3 Å². The Labute approximate surface area is 181 Å². The fourth-order valence-electron chi connectivity index (χ4n) is 2.69. The van der Waals surface area contributed by atoms with Gasteiger partial charge in [0, 0.05) is 17.7 Å².